The van der Waals surface area contributed by atoms with Gasteiger partial charge in [0.25, 0.3) is 5.91 Å². The van der Waals surface area contributed by atoms with Gasteiger partial charge in [0.2, 0.25) is 0 Å². The van der Waals surface area contributed by atoms with Crippen molar-refractivity contribution in [2.75, 3.05) is 32.0 Å². The minimum atomic E-state index is -0.0404. The Kier molecular flexibility index (Phi) is 6.11. The van der Waals surface area contributed by atoms with E-state index < -0.39 is 0 Å². The maximum atomic E-state index is 12.8. The zero-order valence-electron chi connectivity index (χ0n) is 17.0. The molecule has 3 aromatic rings. The van der Waals surface area contributed by atoms with E-state index in [9.17, 15) is 4.79 Å². The van der Waals surface area contributed by atoms with Gasteiger partial charge >= 0.3 is 0 Å². The van der Waals surface area contributed by atoms with Gasteiger partial charge in [0, 0.05) is 24.7 Å². The van der Waals surface area contributed by atoms with E-state index in [0.717, 1.165) is 41.1 Å². The van der Waals surface area contributed by atoms with Crippen molar-refractivity contribution in [1.82, 2.24) is 15.6 Å². The summed E-state index contributed by atoms with van der Waals surface area (Å²) in [5.41, 5.74) is 4.51. The van der Waals surface area contributed by atoms with Crippen LogP contribution in [0.1, 0.15) is 45.3 Å². The molecule has 0 atom stereocenters. The van der Waals surface area contributed by atoms with Crippen molar-refractivity contribution < 1.29 is 4.79 Å². The molecule has 1 aromatic carbocycles. The molecule has 1 saturated heterocycles. The molecule has 0 spiro atoms. The SMILES string of the molecule is CNc1c(C(=O)NCCc2ccc(C3CCNCC3)cc2)sc2nc(C)ccc12. The van der Waals surface area contributed by atoms with Gasteiger partial charge in [0.05, 0.1) is 5.69 Å². The minimum Gasteiger partial charge on any atom is -0.386 e. The van der Waals surface area contributed by atoms with Gasteiger partial charge in [0.15, 0.2) is 0 Å². The standard InChI is InChI=1S/C23H28N4OS/c1-15-3-8-19-20(24-2)21(29-23(19)27-15)22(28)26-14-9-16-4-6-17(7-5-16)18-10-12-25-13-11-18/h3-8,18,24-25H,9-14H2,1-2H3,(H,26,28). The Morgan fingerprint density at radius 3 is 2.66 bits per heavy atom. The lowest BCUT2D eigenvalue weighted by Gasteiger charge is -2.23. The normalized spacial score (nSPS) is 14.8. The molecule has 2 aromatic heterocycles. The van der Waals surface area contributed by atoms with Gasteiger partial charge in [-0.2, -0.15) is 0 Å². The van der Waals surface area contributed by atoms with E-state index in [1.54, 1.807) is 0 Å². The molecule has 0 unspecified atom stereocenters. The topological polar surface area (TPSA) is 66.1 Å². The van der Waals surface area contributed by atoms with Crippen molar-refractivity contribution in [2.45, 2.75) is 32.1 Å². The number of aryl methyl sites for hydroxylation is 1. The molecular weight excluding hydrogens is 380 g/mol. The Hall–Kier alpha value is -2.44. The highest BCUT2D eigenvalue weighted by Crippen LogP contribution is 2.34. The van der Waals surface area contributed by atoms with E-state index in [0.29, 0.717) is 17.3 Å². The second kappa shape index (κ2) is 8.93. The first-order valence-corrected chi connectivity index (χ1v) is 11.1. The number of hydrogen-bond acceptors (Lipinski definition) is 5. The Balaban J connectivity index is 1.37. The summed E-state index contributed by atoms with van der Waals surface area (Å²) < 4.78 is 0. The molecule has 0 saturated carbocycles. The molecule has 6 heteroatoms. The molecule has 1 fully saturated rings. The third-order valence-electron chi connectivity index (χ3n) is 5.64. The average molecular weight is 409 g/mol. The van der Waals surface area contributed by atoms with Crippen LogP contribution in [0.4, 0.5) is 5.69 Å². The summed E-state index contributed by atoms with van der Waals surface area (Å²) in [5.74, 6) is 0.636. The third kappa shape index (κ3) is 4.43. The summed E-state index contributed by atoms with van der Waals surface area (Å²) in [5, 5.41) is 10.7. The van der Waals surface area contributed by atoms with Gasteiger partial charge in [-0.3, -0.25) is 4.79 Å². The number of nitrogens with one attached hydrogen (secondary N) is 3. The predicted octanol–water partition coefficient (Wildman–Crippen LogP) is 4.09. The molecule has 3 heterocycles. The number of carbonyl (C=O) groups excluding carboxylic acids is 1. The molecule has 0 radical (unpaired) electrons. The summed E-state index contributed by atoms with van der Waals surface area (Å²) in [6.07, 6.45) is 3.26. The van der Waals surface area contributed by atoms with E-state index in [1.165, 1.54) is 35.3 Å². The highest BCUT2D eigenvalue weighted by molar-refractivity contribution is 7.21. The molecule has 1 aliphatic heterocycles. The molecule has 3 N–H and O–H groups in total. The van der Waals surface area contributed by atoms with Crippen molar-refractivity contribution in [3.63, 3.8) is 0 Å². The maximum Gasteiger partial charge on any atom is 0.263 e. The number of anilines is 1. The van der Waals surface area contributed by atoms with Crippen LogP contribution >= 0.6 is 11.3 Å². The van der Waals surface area contributed by atoms with Crippen LogP contribution in [0.3, 0.4) is 0 Å². The number of nitrogens with zero attached hydrogens (tertiary/aromatic N) is 1. The number of piperidine rings is 1. The zero-order chi connectivity index (χ0) is 20.2. The van der Waals surface area contributed by atoms with Gasteiger partial charge in [0.1, 0.15) is 9.71 Å². The third-order valence-corrected chi connectivity index (χ3v) is 6.74. The van der Waals surface area contributed by atoms with Crippen LogP contribution in [0.25, 0.3) is 10.2 Å². The molecule has 5 nitrogen and oxygen atoms in total. The molecule has 4 rings (SSSR count). The maximum absolute atomic E-state index is 12.8. The number of benzene rings is 1. The highest BCUT2D eigenvalue weighted by Gasteiger charge is 2.18. The Morgan fingerprint density at radius 2 is 1.93 bits per heavy atom. The lowest BCUT2D eigenvalue weighted by atomic mass is 9.89. The van der Waals surface area contributed by atoms with Crippen LogP contribution in [0.2, 0.25) is 0 Å². The van der Waals surface area contributed by atoms with Gasteiger partial charge in [-0.1, -0.05) is 24.3 Å². The smallest absolute Gasteiger partial charge is 0.263 e. The number of pyridine rings is 1. The fraction of sp³-hybridized carbons (Fsp3) is 0.391. The molecule has 29 heavy (non-hydrogen) atoms. The molecule has 0 aliphatic carbocycles. The summed E-state index contributed by atoms with van der Waals surface area (Å²) in [6.45, 7) is 4.81. The molecule has 1 amide bonds. The second-order valence-electron chi connectivity index (χ2n) is 7.63. The molecular formula is C23H28N4OS. The average Bonchev–Trinajstić information content (AvgIpc) is 3.12. The molecule has 1 aliphatic rings. The molecule has 152 valence electrons. The van der Waals surface area contributed by atoms with Crippen molar-refractivity contribution in [2.24, 2.45) is 0 Å². The van der Waals surface area contributed by atoms with Crippen molar-refractivity contribution in [3.8, 4) is 0 Å². The van der Waals surface area contributed by atoms with E-state index >= 15 is 0 Å². The fourth-order valence-corrected chi connectivity index (χ4v) is 5.13. The minimum absolute atomic E-state index is 0.0404. The summed E-state index contributed by atoms with van der Waals surface area (Å²) in [6, 6.07) is 12.9. The first-order valence-electron chi connectivity index (χ1n) is 10.3. The Morgan fingerprint density at radius 1 is 1.17 bits per heavy atom. The monoisotopic (exact) mass is 408 g/mol. The van der Waals surface area contributed by atoms with E-state index in [-0.39, 0.29) is 5.91 Å². The van der Waals surface area contributed by atoms with Crippen molar-refractivity contribution >= 4 is 33.1 Å². The number of rotatable bonds is 6. The zero-order valence-corrected chi connectivity index (χ0v) is 17.9. The number of hydrogen-bond donors (Lipinski definition) is 3. The number of amides is 1. The van der Waals surface area contributed by atoms with Crippen LogP contribution in [0.5, 0.6) is 0 Å². The van der Waals surface area contributed by atoms with Crippen molar-refractivity contribution in [1.29, 1.82) is 0 Å². The highest BCUT2D eigenvalue weighted by atomic mass is 32.1. The van der Waals surface area contributed by atoms with Crippen LogP contribution in [0.15, 0.2) is 36.4 Å². The van der Waals surface area contributed by atoms with E-state index in [4.69, 9.17) is 0 Å². The first-order chi connectivity index (χ1) is 14.2. The number of fused-ring (bicyclic) bond motifs is 1. The quantitative estimate of drug-likeness (QED) is 0.575. The predicted molar refractivity (Wildman–Crippen MR) is 121 cm³/mol. The van der Waals surface area contributed by atoms with Gasteiger partial charge in [-0.05, 0) is 68.5 Å². The van der Waals surface area contributed by atoms with Crippen LogP contribution in [-0.4, -0.2) is 37.6 Å². The molecule has 0 bridgehead atoms. The first kappa shape index (κ1) is 19.9. The Labute approximate surface area is 175 Å². The van der Waals surface area contributed by atoms with Crippen molar-refractivity contribution in [3.05, 3.63) is 58.1 Å². The summed E-state index contributed by atoms with van der Waals surface area (Å²) in [7, 11) is 1.85. The fourth-order valence-electron chi connectivity index (χ4n) is 3.99. The number of thiophene rings is 1. The summed E-state index contributed by atoms with van der Waals surface area (Å²) >= 11 is 1.44. The second-order valence-corrected chi connectivity index (χ2v) is 8.63. The van der Waals surface area contributed by atoms with Crippen LogP contribution in [-0.2, 0) is 6.42 Å². The lowest BCUT2D eigenvalue weighted by Crippen LogP contribution is -2.26. The number of aromatic nitrogens is 1. The lowest BCUT2D eigenvalue weighted by molar-refractivity contribution is 0.0959. The Bertz CT molecular complexity index is 990. The van der Waals surface area contributed by atoms with E-state index in [1.807, 2.05) is 26.1 Å². The van der Waals surface area contributed by atoms with E-state index in [2.05, 4.69) is 45.2 Å². The summed E-state index contributed by atoms with van der Waals surface area (Å²) in [4.78, 5) is 18.9. The van der Waals surface area contributed by atoms with Gasteiger partial charge in [-0.15, -0.1) is 11.3 Å². The van der Waals surface area contributed by atoms with Gasteiger partial charge in [-0.25, -0.2) is 4.98 Å². The number of carbonyl (C=O) groups is 1. The van der Waals surface area contributed by atoms with Crippen LogP contribution < -0.4 is 16.0 Å². The van der Waals surface area contributed by atoms with Gasteiger partial charge < -0.3 is 16.0 Å². The largest absolute Gasteiger partial charge is 0.386 e. The van der Waals surface area contributed by atoms with Crippen LogP contribution in [0, 0.1) is 6.92 Å².